The Morgan fingerprint density at radius 3 is 2.63 bits per heavy atom. The summed E-state index contributed by atoms with van der Waals surface area (Å²) in [7, 11) is 1.87. The van der Waals surface area contributed by atoms with Gasteiger partial charge in [-0.25, -0.2) is 0 Å². The Bertz CT molecular complexity index is 444. The lowest BCUT2D eigenvalue weighted by Gasteiger charge is -2.35. The Hall–Kier alpha value is -0.750. The molecule has 0 unspecified atom stereocenters. The molecule has 19 heavy (non-hydrogen) atoms. The van der Waals surface area contributed by atoms with Crippen molar-refractivity contribution < 1.29 is 17.9 Å². The van der Waals surface area contributed by atoms with Crippen LogP contribution in [0.5, 0.6) is 5.75 Å². The van der Waals surface area contributed by atoms with Gasteiger partial charge in [-0.3, -0.25) is 0 Å². The van der Waals surface area contributed by atoms with Gasteiger partial charge in [0.05, 0.1) is 11.7 Å². The molecule has 1 saturated carbocycles. The van der Waals surface area contributed by atoms with Crippen molar-refractivity contribution in [3.63, 3.8) is 0 Å². The first-order chi connectivity index (χ1) is 8.90. The van der Waals surface area contributed by atoms with Crippen LogP contribution in [0.25, 0.3) is 0 Å². The van der Waals surface area contributed by atoms with Gasteiger partial charge in [-0.05, 0) is 50.6 Å². The van der Waals surface area contributed by atoms with Gasteiger partial charge in [-0.1, -0.05) is 15.9 Å². The molecule has 0 bridgehead atoms. The summed E-state index contributed by atoms with van der Waals surface area (Å²) >= 11 is 3.17. The van der Waals surface area contributed by atoms with Crippen LogP contribution in [0.2, 0.25) is 0 Å². The van der Waals surface area contributed by atoms with E-state index in [4.69, 9.17) is 4.74 Å². The van der Waals surface area contributed by atoms with Crippen molar-refractivity contribution in [2.75, 3.05) is 13.6 Å². The second kappa shape index (κ2) is 5.71. The highest BCUT2D eigenvalue weighted by atomic mass is 79.9. The van der Waals surface area contributed by atoms with E-state index >= 15 is 0 Å². The average molecular weight is 338 g/mol. The van der Waals surface area contributed by atoms with Crippen LogP contribution < -0.4 is 10.1 Å². The van der Waals surface area contributed by atoms with Gasteiger partial charge in [0.1, 0.15) is 5.75 Å². The molecule has 106 valence electrons. The third-order valence-corrected chi connectivity index (χ3v) is 3.72. The van der Waals surface area contributed by atoms with Crippen molar-refractivity contribution in [2.24, 2.45) is 5.92 Å². The van der Waals surface area contributed by atoms with E-state index in [9.17, 15) is 13.2 Å². The Kier molecular flexibility index (Phi) is 4.40. The fourth-order valence-corrected chi connectivity index (χ4v) is 2.57. The maximum Gasteiger partial charge on any atom is 0.419 e. The van der Waals surface area contributed by atoms with Crippen LogP contribution in [0.3, 0.4) is 0 Å². The largest absolute Gasteiger partial charge is 0.490 e. The average Bonchev–Trinajstić information content (AvgIpc) is 2.24. The highest BCUT2D eigenvalue weighted by Gasteiger charge is 2.37. The first kappa shape index (κ1) is 14.7. The molecule has 0 heterocycles. The molecule has 1 aliphatic rings. The summed E-state index contributed by atoms with van der Waals surface area (Å²) in [4.78, 5) is 0. The molecule has 0 spiro atoms. The Morgan fingerprint density at radius 1 is 1.37 bits per heavy atom. The van der Waals surface area contributed by atoms with Gasteiger partial charge in [0.15, 0.2) is 0 Å². The van der Waals surface area contributed by atoms with Crippen molar-refractivity contribution >= 4 is 15.9 Å². The number of nitrogens with one attached hydrogen (secondary N) is 1. The summed E-state index contributed by atoms with van der Waals surface area (Å²) in [6.07, 6.45) is -2.91. The molecule has 2 rings (SSSR count). The number of rotatable bonds is 4. The van der Waals surface area contributed by atoms with E-state index in [1.54, 1.807) is 0 Å². The summed E-state index contributed by atoms with van der Waals surface area (Å²) in [6.45, 7) is 0.879. The smallest absolute Gasteiger partial charge is 0.419 e. The lowest BCUT2D eigenvalue weighted by Crippen LogP contribution is -2.39. The molecular weight excluding hydrogens is 323 g/mol. The molecule has 6 heteroatoms. The zero-order valence-electron chi connectivity index (χ0n) is 10.4. The molecule has 1 aromatic rings. The van der Waals surface area contributed by atoms with Crippen molar-refractivity contribution in [1.82, 2.24) is 5.32 Å². The van der Waals surface area contributed by atoms with Crippen LogP contribution in [0, 0.1) is 5.92 Å². The van der Waals surface area contributed by atoms with E-state index in [2.05, 4.69) is 21.2 Å². The van der Waals surface area contributed by atoms with Crippen molar-refractivity contribution in [1.29, 1.82) is 0 Å². The van der Waals surface area contributed by atoms with Gasteiger partial charge < -0.3 is 10.1 Å². The highest BCUT2D eigenvalue weighted by Crippen LogP contribution is 2.40. The van der Waals surface area contributed by atoms with Gasteiger partial charge in [0.25, 0.3) is 0 Å². The van der Waals surface area contributed by atoms with Gasteiger partial charge in [0, 0.05) is 4.47 Å². The van der Waals surface area contributed by atoms with Gasteiger partial charge in [0.2, 0.25) is 0 Å². The monoisotopic (exact) mass is 337 g/mol. The van der Waals surface area contributed by atoms with Crippen LogP contribution in [0.4, 0.5) is 13.2 Å². The lowest BCUT2D eigenvalue weighted by molar-refractivity contribution is -0.139. The van der Waals surface area contributed by atoms with E-state index in [1.165, 1.54) is 12.1 Å². The SMILES string of the molecule is CNCC1CC(Oc2cc(Br)ccc2C(F)(F)F)C1. The van der Waals surface area contributed by atoms with Crippen LogP contribution >= 0.6 is 15.9 Å². The third kappa shape index (κ3) is 3.63. The molecule has 0 aromatic heterocycles. The first-order valence-corrected chi connectivity index (χ1v) is 6.87. The summed E-state index contributed by atoms with van der Waals surface area (Å²) < 4.78 is 44.6. The second-order valence-corrected chi connectivity index (χ2v) is 5.69. The predicted octanol–water partition coefficient (Wildman–Crippen LogP) is 3.84. The van der Waals surface area contributed by atoms with Gasteiger partial charge in [-0.15, -0.1) is 0 Å². The van der Waals surface area contributed by atoms with Crippen LogP contribution in [-0.4, -0.2) is 19.7 Å². The maximum atomic E-state index is 12.8. The Balaban J connectivity index is 2.06. The minimum atomic E-state index is -4.38. The zero-order valence-corrected chi connectivity index (χ0v) is 12.0. The molecule has 0 aliphatic heterocycles. The van der Waals surface area contributed by atoms with E-state index in [0.29, 0.717) is 10.4 Å². The number of hydrogen-bond acceptors (Lipinski definition) is 2. The Labute approximate surface area is 118 Å². The maximum absolute atomic E-state index is 12.8. The fourth-order valence-electron chi connectivity index (χ4n) is 2.23. The minimum absolute atomic E-state index is 0.0882. The molecule has 0 amide bonds. The number of alkyl halides is 3. The normalized spacial score (nSPS) is 23.0. The van der Waals surface area contributed by atoms with E-state index < -0.39 is 11.7 Å². The van der Waals surface area contributed by atoms with Crippen LogP contribution in [0.1, 0.15) is 18.4 Å². The van der Waals surface area contributed by atoms with Crippen LogP contribution in [0.15, 0.2) is 22.7 Å². The van der Waals surface area contributed by atoms with Crippen LogP contribution in [-0.2, 0) is 6.18 Å². The summed E-state index contributed by atoms with van der Waals surface area (Å²) in [5.41, 5.74) is -0.715. The van der Waals surface area contributed by atoms with E-state index in [0.717, 1.165) is 25.5 Å². The lowest BCUT2D eigenvalue weighted by atomic mass is 9.82. The number of hydrogen-bond donors (Lipinski definition) is 1. The fraction of sp³-hybridized carbons (Fsp3) is 0.538. The summed E-state index contributed by atoms with van der Waals surface area (Å²) in [5, 5.41) is 3.06. The number of halogens is 4. The molecule has 0 radical (unpaired) electrons. The van der Waals surface area contributed by atoms with Gasteiger partial charge >= 0.3 is 6.18 Å². The number of benzene rings is 1. The molecule has 0 saturated heterocycles. The summed E-state index contributed by atoms with van der Waals surface area (Å²) in [5.74, 6) is 0.409. The molecule has 1 aliphatic carbocycles. The predicted molar refractivity (Wildman–Crippen MR) is 70.2 cm³/mol. The molecule has 1 N–H and O–H groups in total. The Morgan fingerprint density at radius 2 is 2.05 bits per heavy atom. The topological polar surface area (TPSA) is 21.3 Å². The van der Waals surface area contributed by atoms with Crippen molar-refractivity contribution in [3.8, 4) is 5.75 Å². The zero-order chi connectivity index (χ0) is 14.0. The second-order valence-electron chi connectivity index (χ2n) is 4.77. The quantitative estimate of drug-likeness (QED) is 0.901. The minimum Gasteiger partial charge on any atom is -0.490 e. The first-order valence-electron chi connectivity index (χ1n) is 6.08. The third-order valence-electron chi connectivity index (χ3n) is 3.23. The molecule has 2 nitrogen and oxygen atoms in total. The highest BCUT2D eigenvalue weighted by molar-refractivity contribution is 9.10. The van der Waals surface area contributed by atoms with E-state index in [1.807, 2.05) is 7.05 Å². The standard InChI is InChI=1S/C13H15BrF3NO/c1-18-7-8-4-10(5-8)19-12-6-9(14)2-3-11(12)13(15,16)17/h2-3,6,8,10,18H,4-5,7H2,1H3. The number of ether oxygens (including phenoxy) is 1. The van der Waals surface area contributed by atoms with Crippen molar-refractivity contribution in [2.45, 2.75) is 25.1 Å². The van der Waals surface area contributed by atoms with Gasteiger partial charge in [-0.2, -0.15) is 13.2 Å². The van der Waals surface area contributed by atoms with Crippen molar-refractivity contribution in [3.05, 3.63) is 28.2 Å². The molecule has 0 atom stereocenters. The molecule has 1 aromatic carbocycles. The van der Waals surface area contributed by atoms with E-state index in [-0.39, 0.29) is 11.9 Å². The molecule has 1 fully saturated rings. The molecular formula is C13H15BrF3NO. The summed E-state index contributed by atoms with van der Waals surface area (Å²) in [6, 6.07) is 3.80.